The molecule has 68 valence electrons. The normalized spacial score (nSPS) is 8.33. The predicted molar refractivity (Wildman–Crippen MR) is 53.5 cm³/mol. The molecule has 0 aromatic carbocycles. The Labute approximate surface area is 74.4 Å². The van der Waals surface area contributed by atoms with Gasteiger partial charge in [-0.3, -0.25) is 4.98 Å². The van der Waals surface area contributed by atoms with Crippen molar-refractivity contribution in [3.63, 3.8) is 0 Å². The van der Waals surface area contributed by atoms with Crippen LogP contribution in [0.25, 0.3) is 0 Å². The van der Waals surface area contributed by atoms with Gasteiger partial charge in [-0.15, -0.1) is 0 Å². The van der Waals surface area contributed by atoms with Gasteiger partial charge in [-0.2, -0.15) is 0 Å². The van der Waals surface area contributed by atoms with Gasteiger partial charge in [0.25, 0.3) is 0 Å². The maximum absolute atomic E-state index is 3.90. The van der Waals surface area contributed by atoms with Crippen LogP contribution in [-0.4, -0.2) is 33.2 Å². The molecule has 0 bridgehead atoms. The number of aromatic nitrogens is 1. The third kappa shape index (κ3) is 4.68. The van der Waals surface area contributed by atoms with E-state index < -0.39 is 0 Å². The van der Waals surface area contributed by atoms with Gasteiger partial charge in [0.1, 0.15) is 0 Å². The zero-order chi connectivity index (χ0) is 9.40. The zero-order valence-electron chi connectivity index (χ0n) is 8.20. The minimum Gasteiger partial charge on any atom is -0.378 e. The SMILES string of the molecule is CN(C)c1ccncc1.CNC. The van der Waals surface area contributed by atoms with E-state index in [0.29, 0.717) is 0 Å². The van der Waals surface area contributed by atoms with E-state index >= 15 is 0 Å². The van der Waals surface area contributed by atoms with E-state index in [-0.39, 0.29) is 0 Å². The average molecular weight is 167 g/mol. The highest BCUT2D eigenvalue weighted by molar-refractivity contribution is 5.42. The molecule has 1 rings (SSSR count). The zero-order valence-corrected chi connectivity index (χ0v) is 8.20. The molecule has 0 radical (unpaired) electrons. The minimum atomic E-state index is 1.19. The molecule has 1 heterocycles. The number of nitrogens with zero attached hydrogens (tertiary/aromatic N) is 2. The van der Waals surface area contributed by atoms with Crippen LogP contribution in [0.3, 0.4) is 0 Å². The molecule has 3 nitrogen and oxygen atoms in total. The van der Waals surface area contributed by atoms with Crippen molar-refractivity contribution in [2.24, 2.45) is 0 Å². The van der Waals surface area contributed by atoms with Crippen LogP contribution in [0, 0.1) is 0 Å². The molecule has 1 N–H and O–H groups in total. The summed E-state index contributed by atoms with van der Waals surface area (Å²) in [6.45, 7) is 0. The second kappa shape index (κ2) is 6.61. The monoisotopic (exact) mass is 167 g/mol. The number of pyridine rings is 1. The van der Waals surface area contributed by atoms with Gasteiger partial charge in [0.2, 0.25) is 0 Å². The van der Waals surface area contributed by atoms with Gasteiger partial charge in [-0.05, 0) is 26.2 Å². The standard InChI is InChI=1S/C7H10N2.C2H7N/c1-9(2)7-3-5-8-6-4-7;1-3-2/h3-6H,1-2H3;3H,1-2H3. The number of nitrogens with one attached hydrogen (secondary N) is 1. The lowest BCUT2D eigenvalue weighted by atomic mass is 10.4. The molecule has 0 saturated carbocycles. The Morgan fingerprint density at radius 3 is 1.83 bits per heavy atom. The van der Waals surface area contributed by atoms with Crippen molar-refractivity contribution in [1.82, 2.24) is 10.3 Å². The van der Waals surface area contributed by atoms with E-state index in [0.717, 1.165) is 0 Å². The van der Waals surface area contributed by atoms with Gasteiger partial charge < -0.3 is 10.2 Å². The van der Waals surface area contributed by atoms with Crippen molar-refractivity contribution in [2.45, 2.75) is 0 Å². The first kappa shape index (κ1) is 10.9. The lowest BCUT2D eigenvalue weighted by Gasteiger charge is -2.10. The summed E-state index contributed by atoms with van der Waals surface area (Å²) < 4.78 is 0. The number of hydrogen-bond donors (Lipinski definition) is 1. The third-order valence-electron chi connectivity index (χ3n) is 1.18. The molecular weight excluding hydrogens is 150 g/mol. The number of hydrogen-bond acceptors (Lipinski definition) is 3. The molecule has 0 unspecified atom stereocenters. The summed E-state index contributed by atoms with van der Waals surface area (Å²) in [5.41, 5.74) is 1.19. The molecule has 0 atom stereocenters. The average Bonchev–Trinajstić information content (AvgIpc) is 2.07. The van der Waals surface area contributed by atoms with Crippen molar-refractivity contribution in [3.05, 3.63) is 24.5 Å². The summed E-state index contributed by atoms with van der Waals surface area (Å²) in [6, 6.07) is 3.94. The minimum absolute atomic E-state index is 1.19. The lowest BCUT2D eigenvalue weighted by molar-refractivity contribution is 1.02. The van der Waals surface area contributed by atoms with Gasteiger partial charge in [-0.25, -0.2) is 0 Å². The second-order valence-electron chi connectivity index (χ2n) is 2.60. The highest BCUT2D eigenvalue weighted by atomic mass is 15.1. The fourth-order valence-electron chi connectivity index (χ4n) is 0.642. The largest absolute Gasteiger partial charge is 0.378 e. The fraction of sp³-hybridized carbons (Fsp3) is 0.444. The smallest absolute Gasteiger partial charge is 0.0391 e. The predicted octanol–water partition coefficient (Wildman–Crippen LogP) is 0.983. The summed E-state index contributed by atoms with van der Waals surface area (Å²) in [5.74, 6) is 0. The van der Waals surface area contributed by atoms with Crippen LogP contribution in [-0.2, 0) is 0 Å². The van der Waals surface area contributed by atoms with Gasteiger partial charge in [-0.1, -0.05) is 0 Å². The Bertz CT molecular complexity index is 184. The van der Waals surface area contributed by atoms with Crippen LogP contribution in [0.4, 0.5) is 5.69 Å². The third-order valence-corrected chi connectivity index (χ3v) is 1.18. The first-order valence-electron chi connectivity index (χ1n) is 3.88. The molecule has 1 aromatic rings. The molecule has 0 saturated heterocycles. The van der Waals surface area contributed by atoms with Crippen LogP contribution in [0.1, 0.15) is 0 Å². The summed E-state index contributed by atoms with van der Waals surface area (Å²) in [5, 5.41) is 2.75. The van der Waals surface area contributed by atoms with E-state index in [2.05, 4.69) is 10.3 Å². The van der Waals surface area contributed by atoms with Crippen LogP contribution >= 0.6 is 0 Å². The molecule has 0 aliphatic carbocycles. The Balaban J connectivity index is 0.000000354. The van der Waals surface area contributed by atoms with Crippen LogP contribution in [0.5, 0.6) is 0 Å². The van der Waals surface area contributed by atoms with E-state index in [1.807, 2.05) is 45.2 Å². The van der Waals surface area contributed by atoms with Gasteiger partial charge >= 0.3 is 0 Å². The Kier molecular flexibility index (Phi) is 6.01. The van der Waals surface area contributed by atoms with Crippen LogP contribution in [0.2, 0.25) is 0 Å². The molecule has 3 heteroatoms. The first-order chi connectivity index (χ1) is 5.72. The summed E-state index contributed by atoms with van der Waals surface area (Å²) in [7, 11) is 7.77. The summed E-state index contributed by atoms with van der Waals surface area (Å²) in [6.07, 6.45) is 3.57. The first-order valence-corrected chi connectivity index (χ1v) is 3.88. The topological polar surface area (TPSA) is 28.2 Å². The van der Waals surface area contributed by atoms with Crippen molar-refractivity contribution in [1.29, 1.82) is 0 Å². The van der Waals surface area contributed by atoms with Crippen molar-refractivity contribution in [3.8, 4) is 0 Å². The highest BCUT2D eigenvalue weighted by Gasteiger charge is 1.88. The summed E-state index contributed by atoms with van der Waals surface area (Å²) >= 11 is 0. The quantitative estimate of drug-likeness (QED) is 0.676. The molecule has 0 amide bonds. The number of rotatable bonds is 1. The molecule has 1 aromatic heterocycles. The fourth-order valence-corrected chi connectivity index (χ4v) is 0.642. The highest BCUT2D eigenvalue weighted by Crippen LogP contribution is 2.05. The van der Waals surface area contributed by atoms with Crippen molar-refractivity contribution >= 4 is 5.69 Å². The van der Waals surface area contributed by atoms with Crippen molar-refractivity contribution in [2.75, 3.05) is 33.1 Å². The second-order valence-corrected chi connectivity index (χ2v) is 2.60. The Hall–Kier alpha value is -1.09. The number of anilines is 1. The molecule has 0 aliphatic rings. The van der Waals surface area contributed by atoms with E-state index in [4.69, 9.17) is 0 Å². The molecule has 0 aliphatic heterocycles. The summed E-state index contributed by atoms with van der Waals surface area (Å²) in [4.78, 5) is 5.94. The van der Waals surface area contributed by atoms with E-state index in [9.17, 15) is 0 Å². The Morgan fingerprint density at radius 1 is 1.17 bits per heavy atom. The molecule has 0 spiro atoms. The molecular formula is C9H17N3. The van der Waals surface area contributed by atoms with Gasteiger partial charge in [0.05, 0.1) is 0 Å². The maximum Gasteiger partial charge on any atom is 0.0391 e. The van der Waals surface area contributed by atoms with E-state index in [1.165, 1.54) is 5.69 Å². The van der Waals surface area contributed by atoms with E-state index in [1.54, 1.807) is 12.4 Å². The van der Waals surface area contributed by atoms with Crippen LogP contribution in [0.15, 0.2) is 24.5 Å². The van der Waals surface area contributed by atoms with Crippen LogP contribution < -0.4 is 10.2 Å². The van der Waals surface area contributed by atoms with Gasteiger partial charge in [0, 0.05) is 32.2 Å². The van der Waals surface area contributed by atoms with Crippen molar-refractivity contribution < 1.29 is 0 Å². The lowest BCUT2D eigenvalue weighted by Crippen LogP contribution is -2.07. The maximum atomic E-state index is 3.90. The molecule has 0 fully saturated rings. The van der Waals surface area contributed by atoms with Gasteiger partial charge in [0.15, 0.2) is 0 Å². The Morgan fingerprint density at radius 2 is 1.58 bits per heavy atom. The molecule has 12 heavy (non-hydrogen) atoms.